The Bertz CT molecular complexity index is 204. The Kier molecular flexibility index (Phi) is 5.87. The molecule has 2 amide bonds. The summed E-state index contributed by atoms with van der Waals surface area (Å²) in [5, 5.41) is 0. The van der Waals surface area contributed by atoms with Gasteiger partial charge in [-0.15, -0.1) is 0 Å². The molecule has 1 atom stereocenters. The lowest BCUT2D eigenvalue weighted by atomic mass is 10.2. The summed E-state index contributed by atoms with van der Waals surface area (Å²) in [4.78, 5) is 23.6. The molecule has 0 radical (unpaired) electrons. The van der Waals surface area contributed by atoms with E-state index in [0.717, 1.165) is 12.8 Å². The van der Waals surface area contributed by atoms with Crippen molar-refractivity contribution in [1.82, 2.24) is 4.90 Å². The highest BCUT2D eigenvalue weighted by Crippen LogP contribution is 1.97. The van der Waals surface area contributed by atoms with Gasteiger partial charge in [-0.1, -0.05) is 13.3 Å². The summed E-state index contributed by atoms with van der Waals surface area (Å²) in [5.74, 6) is -0.729. The van der Waals surface area contributed by atoms with Crippen LogP contribution in [0.5, 0.6) is 0 Å². The minimum absolute atomic E-state index is 0.0413. The number of rotatable bonds is 6. The van der Waals surface area contributed by atoms with Gasteiger partial charge in [-0.05, 0) is 13.3 Å². The molecule has 0 bridgehead atoms. The Morgan fingerprint density at radius 2 is 2.00 bits per heavy atom. The van der Waals surface area contributed by atoms with Crippen LogP contribution < -0.4 is 11.5 Å². The summed E-state index contributed by atoms with van der Waals surface area (Å²) >= 11 is 0. The normalized spacial score (nSPS) is 12.2. The van der Waals surface area contributed by atoms with Gasteiger partial charge in [0.2, 0.25) is 11.8 Å². The van der Waals surface area contributed by atoms with Crippen LogP contribution in [0.2, 0.25) is 0 Å². The van der Waals surface area contributed by atoms with E-state index in [9.17, 15) is 9.59 Å². The minimum Gasteiger partial charge on any atom is -0.368 e. The number of amides is 2. The van der Waals surface area contributed by atoms with Crippen molar-refractivity contribution >= 4 is 11.8 Å². The number of carbonyl (C=O) groups is 2. The second-order valence-corrected chi connectivity index (χ2v) is 3.37. The van der Waals surface area contributed by atoms with Gasteiger partial charge < -0.3 is 16.4 Å². The molecule has 4 N–H and O–H groups in total. The van der Waals surface area contributed by atoms with Gasteiger partial charge in [0, 0.05) is 6.54 Å². The zero-order chi connectivity index (χ0) is 11.1. The first kappa shape index (κ1) is 12.9. The fourth-order valence-electron chi connectivity index (χ4n) is 1.09. The molecular weight excluding hydrogens is 182 g/mol. The molecule has 5 heteroatoms. The molecule has 5 nitrogen and oxygen atoms in total. The molecule has 0 aliphatic carbocycles. The Morgan fingerprint density at radius 1 is 1.43 bits per heavy atom. The summed E-state index contributed by atoms with van der Waals surface area (Å²) in [6, 6.07) is -0.578. The Hall–Kier alpha value is -1.10. The van der Waals surface area contributed by atoms with Crippen molar-refractivity contribution in [3.05, 3.63) is 0 Å². The van der Waals surface area contributed by atoms with E-state index in [1.54, 1.807) is 6.92 Å². The zero-order valence-corrected chi connectivity index (χ0v) is 8.82. The van der Waals surface area contributed by atoms with Crippen LogP contribution >= 0.6 is 0 Å². The average Bonchev–Trinajstić information content (AvgIpc) is 2.10. The molecule has 14 heavy (non-hydrogen) atoms. The first-order valence-electron chi connectivity index (χ1n) is 4.81. The van der Waals surface area contributed by atoms with E-state index in [0.29, 0.717) is 6.54 Å². The predicted octanol–water partition coefficient (Wildman–Crippen LogP) is -0.552. The maximum Gasteiger partial charge on any atom is 0.239 e. The third kappa shape index (κ3) is 4.81. The zero-order valence-electron chi connectivity index (χ0n) is 8.82. The fourth-order valence-corrected chi connectivity index (χ4v) is 1.09. The minimum atomic E-state index is -0.578. The molecule has 0 unspecified atom stereocenters. The van der Waals surface area contributed by atoms with Crippen LogP contribution in [0.15, 0.2) is 0 Å². The van der Waals surface area contributed by atoms with E-state index in [1.807, 2.05) is 6.92 Å². The highest BCUT2D eigenvalue weighted by molar-refractivity contribution is 5.86. The van der Waals surface area contributed by atoms with Crippen LogP contribution in [0, 0.1) is 0 Å². The topological polar surface area (TPSA) is 89.4 Å². The van der Waals surface area contributed by atoms with Gasteiger partial charge >= 0.3 is 0 Å². The van der Waals surface area contributed by atoms with Crippen LogP contribution in [0.3, 0.4) is 0 Å². The largest absolute Gasteiger partial charge is 0.368 e. The monoisotopic (exact) mass is 201 g/mol. The van der Waals surface area contributed by atoms with Crippen LogP contribution in [0.25, 0.3) is 0 Å². The number of hydrogen-bond donors (Lipinski definition) is 2. The lowest BCUT2D eigenvalue weighted by molar-refractivity contribution is -0.136. The van der Waals surface area contributed by atoms with E-state index in [4.69, 9.17) is 11.5 Å². The molecule has 0 aliphatic rings. The smallest absolute Gasteiger partial charge is 0.239 e. The van der Waals surface area contributed by atoms with Crippen molar-refractivity contribution < 1.29 is 9.59 Å². The first-order valence-corrected chi connectivity index (χ1v) is 4.81. The van der Waals surface area contributed by atoms with Gasteiger partial charge in [0.25, 0.3) is 0 Å². The quantitative estimate of drug-likeness (QED) is 0.604. The Balaban J connectivity index is 4.22. The first-order chi connectivity index (χ1) is 6.49. The molecule has 0 aliphatic heterocycles. The van der Waals surface area contributed by atoms with Crippen LogP contribution in [-0.4, -0.2) is 35.8 Å². The number of nitrogens with two attached hydrogens (primary N) is 2. The second kappa shape index (κ2) is 6.37. The van der Waals surface area contributed by atoms with Crippen LogP contribution in [-0.2, 0) is 9.59 Å². The molecule has 82 valence electrons. The molecule has 0 saturated heterocycles. The van der Waals surface area contributed by atoms with Crippen molar-refractivity contribution in [1.29, 1.82) is 0 Å². The van der Waals surface area contributed by atoms with E-state index in [2.05, 4.69) is 0 Å². The molecule has 0 aromatic rings. The Morgan fingerprint density at radius 3 is 2.36 bits per heavy atom. The third-order valence-corrected chi connectivity index (χ3v) is 1.83. The van der Waals surface area contributed by atoms with Gasteiger partial charge in [0.05, 0.1) is 12.6 Å². The molecule has 0 aromatic heterocycles. The maximum atomic E-state index is 11.5. The predicted molar refractivity (Wildman–Crippen MR) is 54.3 cm³/mol. The number of nitrogens with zero attached hydrogens (tertiary/aromatic N) is 1. The standard InChI is InChI=1S/C9H19N3O2/c1-3-4-5-12(6-8(11)13)9(14)7(2)10/h7H,3-6,10H2,1-2H3,(H2,11,13)/t7-/m0/s1. The highest BCUT2D eigenvalue weighted by atomic mass is 16.2. The SMILES string of the molecule is CCCCN(CC(N)=O)C(=O)[C@H](C)N. The summed E-state index contributed by atoms with van der Waals surface area (Å²) < 4.78 is 0. The summed E-state index contributed by atoms with van der Waals surface area (Å²) in [5.41, 5.74) is 10.5. The molecule has 0 rings (SSSR count). The highest BCUT2D eigenvalue weighted by Gasteiger charge is 2.18. The summed E-state index contributed by atoms with van der Waals surface area (Å²) in [6.45, 7) is 4.11. The van der Waals surface area contributed by atoms with Crippen LogP contribution in [0.4, 0.5) is 0 Å². The van der Waals surface area contributed by atoms with Gasteiger partial charge in [-0.25, -0.2) is 0 Å². The number of primary amides is 1. The molecule has 0 aromatic carbocycles. The van der Waals surface area contributed by atoms with E-state index >= 15 is 0 Å². The lowest BCUT2D eigenvalue weighted by Crippen LogP contribution is -2.46. The van der Waals surface area contributed by atoms with E-state index in [-0.39, 0.29) is 12.5 Å². The van der Waals surface area contributed by atoms with Crippen molar-refractivity contribution in [2.75, 3.05) is 13.1 Å². The van der Waals surface area contributed by atoms with Gasteiger partial charge in [0.15, 0.2) is 0 Å². The van der Waals surface area contributed by atoms with Crippen molar-refractivity contribution in [2.45, 2.75) is 32.7 Å². The molecule has 0 spiro atoms. The summed E-state index contributed by atoms with van der Waals surface area (Å²) in [6.07, 6.45) is 1.81. The molecule has 0 heterocycles. The van der Waals surface area contributed by atoms with Crippen molar-refractivity contribution in [2.24, 2.45) is 11.5 Å². The van der Waals surface area contributed by atoms with Crippen LogP contribution in [0.1, 0.15) is 26.7 Å². The number of carbonyl (C=O) groups excluding carboxylic acids is 2. The van der Waals surface area contributed by atoms with E-state index in [1.165, 1.54) is 4.90 Å². The van der Waals surface area contributed by atoms with E-state index < -0.39 is 11.9 Å². The second-order valence-electron chi connectivity index (χ2n) is 3.37. The van der Waals surface area contributed by atoms with Gasteiger partial charge in [-0.2, -0.15) is 0 Å². The molecule has 0 fully saturated rings. The maximum absolute atomic E-state index is 11.5. The van der Waals surface area contributed by atoms with Crippen molar-refractivity contribution in [3.63, 3.8) is 0 Å². The summed E-state index contributed by atoms with van der Waals surface area (Å²) in [7, 11) is 0. The fraction of sp³-hybridized carbons (Fsp3) is 0.778. The number of hydrogen-bond acceptors (Lipinski definition) is 3. The number of unbranched alkanes of at least 4 members (excludes halogenated alkanes) is 1. The average molecular weight is 201 g/mol. The molecular formula is C9H19N3O2. The Labute approximate surface area is 84.4 Å². The molecule has 0 saturated carbocycles. The lowest BCUT2D eigenvalue weighted by Gasteiger charge is -2.22. The third-order valence-electron chi connectivity index (χ3n) is 1.83. The van der Waals surface area contributed by atoms with Crippen molar-refractivity contribution in [3.8, 4) is 0 Å². The van der Waals surface area contributed by atoms with Gasteiger partial charge in [0.1, 0.15) is 0 Å². The van der Waals surface area contributed by atoms with Gasteiger partial charge in [-0.3, -0.25) is 9.59 Å².